The summed E-state index contributed by atoms with van der Waals surface area (Å²) in [5, 5.41) is 0.696. The van der Waals surface area contributed by atoms with Gasteiger partial charge in [-0.1, -0.05) is 53.3 Å². The molecule has 78 valence electrons. The molecule has 0 N–H and O–H groups in total. The van der Waals surface area contributed by atoms with Crippen molar-refractivity contribution < 1.29 is 0 Å². The zero-order valence-corrected chi connectivity index (χ0v) is 9.75. The Kier molecular flexibility index (Phi) is 3.29. The van der Waals surface area contributed by atoms with Crippen LogP contribution in [0.25, 0.3) is 0 Å². The summed E-state index contributed by atoms with van der Waals surface area (Å²) in [6.45, 7) is 2.06. The SMILES string of the molecule is Cc1ccc(C#Cc2ccccc2Cl)cc1. The number of hydrogen-bond donors (Lipinski definition) is 0. The van der Waals surface area contributed by atoms with Gasteiger partial charge in [0.05, 0.1) is 5.02 Å². The fraction of sp³-hybridized carbons (Fsp3) is 0.0667. The molecule has 2 aromatic carbocycles. The molecule has 0 unspecified atom stereocenters. The Labute approximate surface area is 101 Å². The summed E-state index contributed by atoms with van der Waals surface area (Å²) in [5.74, 6) is 6.16. The third kappa shape index (κ3) is 2.66. The van der Waals surface area contributed by atoms with E-state index in [-0.39, 0.29) is 0 Å². The Morgan fingerprint density at radius 3 is 2.25 bits per heavy atom. The highest BCUT2D eigenvalue weighted by Crippen LogP contribution is 2.13. The van der Waals surface area contributed by atoms with E-state index < -0.39 is 0 Å². The van der Waals surface area contributed by atoms with Gasteiger partial charge in [-0.15, -0.1) is 0 Å². The monoisotopic (exact) mass is 226 g/mol. The van der Waals surface area contributed by atoms with E-state index in [1.807, 2.05) is 36.4 Å². The van der Waals surface area contributed by atoms with Crippen molar-refractivity contribution in [3.05, 3.63) is 70.2 Å². The third-order valence-electron chi connectivity index (χ3n) is 2.27. The Hall–Kier alpha value is -1.71. The average molecular weight is 227 g/mol. The van der Waals surface area contributed by atoms with Crippen LogP contribution in [0.1, 0.15) is 16.7 Å². The summed E-state index contributed by atoms with van der Waals surface area (Å²) in [4.78, 5) is 0. The number of hydrogen-bond acceptors (Lipinski definition) is 0. The number of rotatable bonds is 0. The molecule has 0 amide bonds. The van der Waals surface area contributed by atoms with Gasteiger partial charge in [0.1, 0.15) is 0 Å². The molecule has 0 heterocycles. The summed E-state index contributed by atoms with van der Waals surface area (Å²) in [6.07, 6.45) is 0. The van der Waals surface area contributed by atoms with Crippen LogP contribution < -0.4 is 0 Å². The lowest BCUT2D eigenvalue weighted by Gasteiger charge is -1.94. The van der Waals surface area contributed by atoms with Crippen LogP contribution in [0.5, 0.6) is 0 Å². The molecule has 1 heteroatoms. The predicted molar refractivity (Wildman–Crippen MR) is 68.6 cm³/mol. The van der Waals surface area contributed by atoms with E-state index in [0.29, 0.717) is 5.02 Å². The predicted octanol–water partition coefficient (Wildman–Crippen LogP) is 4.05. The van der Waals surface area contributed by atoms with Gasteiger partial charge in [-0.25, -0.2) is 0 Å². The minimum absolute atomic E-state index is 0.696. The van der Waals surface area contributed by atoms with Gasteiger partial charge in [-0.2, -0.15) is 0 Å². The van der Waals surface area contributed by atoms with E-state index in [2.05, 4.69) is 30.9 Å². The summed E-state index contributed by atoms with van der Waals surface area (Å²) in [6, 6.07) is 15.7. The van der Waals surface area contributed by atoms with Gasteiger partial charge in [0.15, 0.2) is 0 Å². The molecule has 16 heavy (non-hydrogen) atoms. The van der Waals surface area contributed by atoms with Crippen molar-refractivity contribution in [1.82, 2.24) is 0 Å². The zero-order valence-electron chi connectivity index (χ0n) is 9.00. The molecular weight excluding hydrogens is 216 g/mol. The number of halogens is 1. The zero-order chi connectivity index (χ0) is 11.4. The van der Waals surface area contributed by atoms with Crippen LogP contribution in [-0.2, 0) is 0 Å². The van der Waals surface area contributed by atoms with Gasteiger partial charge in [-0.3, -0.25) is 0 Å². The minimum atomic E-state index is 0.696. The minimum Gasteiger partial charge on any atom is -0.0830 e. The van der Waals surface area contributed by atoms with E-state index in [0.717, 1.165) is 11.1 Å². The van der Waals surface area contributed by atoms with Crippen molar-refractivity contribution in [2.75, 3.05) is 0 Å². The third-order valence-corrected chi connectivity index (χ3v) is 2.60. The molecule has 0 aliphatic rings. The van der Waals surface area contributed by atoms with Gasteiger partial charge in [-0.05, 0) is 31.2 Å². The van der Waals surface area contributed by atoms with Gasteiger partial charge < -0.3 is 0 Å². The van der Waals surface area contributed by atoms with Gasteiger partial charge in [0, 0.05) is 11.1 Å². The lowest BCUT2D eigenvalue weighted by Crippen LogP contribution is -1.78. The second kappa shape index (κ2) is 4.88. The summed E-state index contributed by atoms with van der Waals surface area (Å²) in [5.41, 5.74) is 3.11. The molecule has 0 fully saturated rings. The highest BCUT2D eigenvalue weighted by Gasteiger charge is 1.93. The van der Waals surface area contributed by atoms with Crippen molar-refractivity contribution in [1.29, 1.82) is 0 Å². The molecule has 0 aliphatic carbocycles. The van der Waals surface area contributed by atoms with E-state index >= 15 is 0 Å². The van der Waals surface area contributed by atoms with Crippen molar-refractivity contribution in [3.8, 4) is 11.8 Å². The van der Waals surface area contributed by atoms with E-state index in [1.165, 1.54) is 5.56 Å². The van der Waals surface area contributed by atoms with Crippen molar-refractivity contribution in [3.63, 3.8) is 0 Å². The van der Waals surface area contributed by atoms with Crippen LogP contribution in [0.2, 0.25) is 5.02 Å². The molecule has 2 rings (SSSR count). The van der Waals surface area contributed by atoms with E-state index in [9.17, 15) is 0 Å². The first-order chi connectivity index (χ1) is 7.75. The van der Waals surface area contributed by atoms with Gasteiger partial charge in [0.2, 0.25) is 0 Å². The fourth-order valence-corrected chi connectivity index (χ4v) is 1.52. The maximum atomic E-state index is 6.01. The maximum Gasteiger partial charge on any atom is 0.0562 e. The topological polar surface area (TPSA) is 0 Å². The Morgan fingerprint density at radius 2 is 1.56 bits per heavy atom. The van der Waals surface area contributed by atoms with Crippen LogP contribution in [0.15, 0.2) is 48.5 Å². The second-order valence-electron chi connectivity index (χ2n) is 3.60. The molecular formula is C15H11Cl. The van der Waals surface area contributed by atoms with Crippen molar-refractivity contribution >= 4 is 11.6 Å². The average Bonchev–Trinajstić information content (AvgIpc) is 2.30. The Balaban J connectivity index is 2.29. The molecule has 0 spiro atoms. The fourth-order valence-electron chi connectivity index (χ4n) is 1.34. The smallest absolute Gasteiger partial charge is 0.0562 e. The number of aryl methyl sites for hydroxylation is 1. The second-order valence-corrected chi connectivity index (χ2v) is 4.00. The molecule has 0 bridgehead atoms. The van der Waals surface area contributed by atoms with E-state index in [4.69, 9.17) is 11.6 Å². The van der Waals surface area contributed by atoms with Crippen molar-refractivity contribution in [2.45, 2.75) is 6.92 Å². The van der Waals surface area contributed by atoms with Crippen LogP contribution >= 0.6 is 11.6 Å². The quantitative estimate of drug-likeness (QED) is 0.595. The lowest BCUT2D eigenvalue weighted by molar-refractivity contribution is 1.46. The molecule has 0 atom stereocenters. The highest BCUT2D eigenvalue weighted by atomic mass is 35.5. The van der Waals surface area contributed by atoms with Crippen molar-refractivity contribution in [2.24, 2.45) is 0 Å². The van der Waals surface area contributed by atoms with Crippen LogP contribution in [0.3, 0.4) is 0 Å². The van der Waals surface area contributed by atoms with Gasteiger partial charge >= 0.3 is 0 Å². The molecule has 0 saturated heterocycles. The summed E-state index contributed by atoms with van der Waals surface area (Å²) >= 11 is 6.01. The first-order valence-electron chi connectivity index (χ1n) is 5.09. The highest BCUT2D eigenvalue weighted by molar-refractivity contribution is 6.31. The van der Waals surface area contributed by atoms with Crippen LogP contribution in [0.4, 0.5) is 0 Å². The lowest BCUT2D eigenvalue weighted by atomic mass is 10.1. The van der Waals surface area contributed by atoms with Gasteiger partial charge in [0.25, 0.3) is 0 Å². The Bertz CT molecular complexity index is 542. The molecule has 0 aromatic heterocycles. The molecule has 0 nitrogen and oxygen atoms in total. The normalized spacial score (nSPS) is 9.38. The molecule has 0 radical (unpaired) electrons. The molecule has 2 aromatic rings. The largest absolute Gasteiger partial charge is 0.0830 e. The molecule has 0 saturated carbocycles. The molecule has 0 aliphatic heterocycles. The first-order valence-corrected chi connectivity index (χ1v) is 5.47. The Morgan fingerprint density at radius 1 is 0.875 bits per heavy atom. The summed E-state index contributed by atoms with van der Waals surface area (Å²) in [7, 11) is 0. The standard InChI is InChI=1S/C15H11Cl/c1-12-6-8-13(9-7-12)10-11-14-4-2-3-5-15(14)16/h2-9H,1H3. The number of benzene rings is 2. The first kappa shape index (κ1) is 10.8. The van der Waals surface area contributed by atoms with E-state index in [1.54, 1.807) is 0 Å². The van der Waals surface area contributed by atoms with Crippen LogP contribution in [-0.4, -0.2) is 0 Å². The summed E-state index contributed by atoms with van der Waals surface area (Å²) < 4.78 is 0. The van der Waals surface area contributed by atoms with Crippen LogP contribution in [0, 0.1) is 18.8 Å². The maximum absolute atomic E-state index is 6.01.